The number of hydrogen-bond acceptors (Lipinski definition) is 1. The largest absolute Gasteiger partial charge is 0.310 e. The number of rotatable bonds is 7. The van der Waals surface area contributed by atoms with Crippen molar-refractivity contribution in [3.05, 3.63) is 23.3 Å². The maximum atomic E-state index is 5.87. The normalized spacial score (nSPS) is 36.3. The highest BCUT2D eigenvalue weighted by molar-refractivity contribution is 6.08. The first-order chi connectivity index (χ1) is 12.8. The predicted octanol–water partition coefficient (Wildman–Crippen LogP) is 6.86. The van der Waals surface area contributed by atoms with Gasteiger partial charge >= 0.3 is 0 Å². The Kier molecular flexibility index (Phi) is 8.28. The van der Waals surface area contributed by atoms with Crippen molar-refractivity contribution in [3.8, 4) is 0 Å². The molecule has 0 aromatic heterocycles. The minimum Gasteiger partial charge on any atom is -0.310 e. The third-order valence-electron chi connectivity index (χ3n) is 8.09. The van der Waals surface area contributed by atoms with Crippen molar-refractivity contribution in [2.24, 2.45) is 22.7 Å². The highest BCUT2D eigenvalue weighted by Gasteiger charge is 2.68. The van der Waals surface area contributed by atoms with Gasteiger partial charge in [0.05, 0.1) is 7.85 Å². The first-order valence-electron chi connectivity index (χ1n) is 11.6. The fourth-order valence-electron chi connectivity index (χ4n) is 5.92. The molecule has 152 valence electrons. The summed E-state index contributed by atoms with van der Waals surface area (Å²) < 4.78 is 0. The summed E-state index contributed by atoms with van der Waals surface area (Å²) in [4.78, 5) is 0. The second-order valence-corrected chi connectivity index (χ2v) is 9.82. The molecule has 2 radical (unpaired) electrons. The van der Waals surface area contributed by atoms with Gasteiger partial charge in [-0.15, -0.1) is 0 Å². The highest BCUT2D eigenvalue weighted by Crippen LogP contribution is 2.75. The Morgan fingerprint density at radius 3 is 2.44 bits per heavy atom. The molecule has 1 N–H and O–H groups in total. The smallest absolute Gasteiger partial charge is 0.0653 e. The average Bonchev–Trinajstić information content (AvgIpc) is 3.03. The SMILES string of the molecule is [B]CCC[C@]1(C)C(C)C1(C)C(/C=C\C)=C(/C(C)C)C1CCCCCCCN1. The summed E-state index contributed by atoms with van der Waals surface area (Å²) in [6.07, 6.45) is 16.1. The summed E-state index contributed by atoms with van der Waals surface area (Å²) in [5.74, 6) is 1.30. The van der Waals surface area contributed by atoms with Crippen molar-refractivity contribution in [3.63, 3.8) is 0 Å². The van der Waals surface area contributed by atoms with Gasteiger partial charge in [-0.1, -0.05) is 85.2 Å². The Morgan fingerprint density at radius 2 is 1.81 bits per heavy atom. The van der Waals surface area contributed by atoms with Crippen molar-refractivity contribution in [2.45, 2.75) is 105 Å². The number of nitrogens with one attached hydrogen (secondary N) is 1. The Hall–Kier alpha value is -0.495. The lowest BCUT2D eigenvalue weighted by Gasteiger charge is -2.31. The van der Waals surface area contributed by atoms with E-state index in [1.165, 1.54) is 51.5 Å². The van der Waals surface area contributed by atoms with Gasteiger partial charge in [0.2, 0.25) is 0 Å². The van der Waals surface area contributed by atoms with Gasteiger partial charge in [-0.2, -0.15) is 0 Å². The van der Waals surface area contributed by atoms with Crippen LogP contribution in [-0.2, 0) is 0 Å². The molecule has 27 heavy (non-hydrogen) atoms. The monoisotopic (exact) mass is 369 g/mol. The van der Waals surface area contributed by atoms with Gasteiger partial charge in [0.25, 0.3) is 0 Å². The van der Waals surface area contributed by atoms with Gasteiger partial charge in [-0.25, -0.2) is 0 Å². The van der Waals surface area contributed by atoms with Crippen LogP contribution in [0.3, 0.4) is 0 Å². The quantitative estimate of drug-likeness (QED) is 0.382. The van der Waals surface area contributed by atoms with Gasteiger partial charge < -0.3 is 5.32 Å². The van der Waals surface area contributed by atoms with Crippen molar-refractivity contribution < 1.29 is 0 Å². The van der Waals surface area contributed by atoms with Crippen LogP contribution >= 0.6 is 0 Å². The molecule has 1 saturated heterocycles. The van der Waals surface area contributed by atoms with Crippen LogP contribution in [-0.4, -0.2) is 20.4 Å². The molecule has 2 aliphatic rings. The zero-order chi connectivity index (χ0) is 20.1. The number of allylic oxidation sites excluding steroid dienone is 3. The van der Waals surface area contributed by atoms with E-state index in [9.17, 15) is 0 Å². The minimum atomic E-state index is 0.272. The summed E-state index contributed by atoms with van der Waals surface area (Å²) in [6, 6.07) is 0.540. The molecule has 0 aromatic rings. The molecule has 4 atom stereocenters. The van der Waals surface area contributed by atoms with Gasteiger partial charge in [0.15, 0.2) is 0 Å². The van der Waals surface area contributed by atoms with Crippen LogP contribution in [0.1, 0.15) is 92.9 Å². The topological polar surface area (TPSA) is 12.0 Å². The minimum absolute atomic E-state index is 0.272. The van der Waals surface area contributed by atoms with E-state index in [0.29, 0.717) is 23.3 Å². The van der Waals surface area contributed by atoms with E-state index in [4.69, 9.17) is 7.85 Å². The van der Waals surface area contributed by atoms with Gasteiger partial charge in [-0.05, 0) is 61.1 Å². The van der Waals surface area contributed by atoms with E-state index in [2.05, 4.69) is 59.0 Å². The Balaban J connectivity index is 2.45. The lowest BCUT2D eigenvalue weighted by molar-refractivity contribution is 0.392. The first-order valence-corrected chi connectivity index (χ1v) is 11.6. The molecule has 0 aromatic carbocycles. The Morgan fingerprint density at radius 1 is 1.15 bits per heavy atom. The molecule has 1 nitrogen and oxygen atoms in total. The molecular formula is C25H44BN. The van der Waals surface area contributed by atoms with Crippen LogP contribution in [0.15, 0.2) is 23.3 Å². The molecule has 2 fully saturated rings. The summed E-state index contributed by atoms with van der Waals surface area (Å²) in [5, 5.41) is 3.96. The molecular weight excluding hydrogens is 325 g/mol. The van der Waals surface area contributed by atoms with Crippen LogP contribution in [0.5, 0.6) is 0 Å². The molecule has 3 unspecified atom stereocenters. The average molecular weight is 369 g/mol. The lowest BCUT2D eigenvalue weighted by Crippen LogP contribution is -2.35. The van der Waals surface area contributed by atoms with Gasteiger partial charge in [0, 0.05) is 11.5 Å². The molecule has 0 amide bonds. The molecule has 0 bridgehead atoms. The zero-order valence-corrected chi connectivity index (χ0v) is 19.0. The Labute approximate surface area is 171 Å². The second kappa shape index (κ2) is 9.81. The third-order valence-corrected chi connectivity index (χ3v) is 8.09. The standard InChI is InChI=1S/C25H44BN/c1-7-14-21(25(6)20(4)24(25,5)16-13-17-26)23(19(2)3)22-15-11-9-8-10-12-18-27-22/h7,14,19-20,22,27H,8-13,15-18H2,1-6H3/b14-7-,23-21-/t20?,22?,24-,25?/m1/s1. The van der Waals surface area contributed by atoms with E-state index >= 15 is 0 Å². The van der Waals surface area contributed by atoms with Crippen molar-refractivity contribution >= 4 is 7.85 Å². The molecule has 1 saturated carbocycles. The third kappa shape index (κ3) is 4.57. The fraction of sp³-hybridized carbons (Fsp3) is 0.840. The van der Waals surface area contributed by atoms with Crippen molar-refractivity contribution in [1.29, 1.82) is 0 Å². The van der Waals surface area contributed by atoms with E-state index in [0.717, 1.165) is 12.7 Å². The molecule has 1 aliphatic heterocycles. The van der Waals surface area contributed by atoms with E-state index < -0.39 is 0 Å². The zero-order valence-electron chi connectivity index (χ0n) is 19.0. The first kappa shape index (κ1) is 22.8. The maximum absolute atomic E-state index is 5.87. The van der Waals surface area contributed by atoms with Crippen LogP contribution in [0.2, 0.25) is 6.32 Å². The van der Waals surface area contributed by atoms with Crippen LogP contribution in [0.25, 0.3) is 0 Å². The Bertz CT molecular complexity index is 524. The summed E-state index contributed by atoms with van der Waals surface area (Å²) >= 11 is 0. The lowest BCUT2D eigenvalue weighted by atomic mass is 9.77. The van der Waals surface area contributed by atoms with Crippen molar-refractivity contribution in [1.82, 2.24) is 5.32 Å². The maximum Gasteiger partial charge on any atom is 0.0653 e. The number of hydrogen-bond donors (Lipinski definition) is 1. The van der Waals surface area contributed by atoms with Crippen LogP contribution < -0.4 is 5.32 Å². The summed E-state index contributed by atoms with van der Waals surface area (Å²) in [7, 11) is 5.87. The summed E-state index contributed by atoms with van der Waals surface area (Å²) in [6.45, 7) is 15.7. The van der Waals surface area contributed by atoms with Crippen LogP contribution in [0.4, 0.5) is 0 Å². The molecule has 1 heterocycles. The van der Waals surface area contributed by atoms with E-state index in [-0.39, 0.29) is 5.41 Å². The van der Waals surface area contributed by atoms with E-state index in [1.54, 1.807) is 11.1 Å². The molecule has 2 heteroatoms. The molecule has 2 rings (SSSR count). The summed E-state index contributed by atoms with van der Waals surface area (Å²) in [5.41, 5.74) is 3.96. The van der Waals surface area contributed by atoms with E-state index in [1.807, 2.05) is 0 Å². The molecule has 1 aliphatic carbocycles. The van der Waals surface area contributed by atoms with Crippen LogP contribution in [0, 0.1) is 22.7 Å². The fourth-order valence-corrected chi connectivity index (χ4v) is 5.92. The highest BCUT2D eigenvalue weighted by atomic mass is 14.9. The van der Waals surface area contributed by atoms with Crippen molar-refractivity contribution in [2.75, 3.05) is 6.54 Å². The van der Waals surface area contributed by atoms with Gasteiger partial charge in [-0.3, -0.25) is 0 Å². The van der Waals surface area contributed by atoms with Gasteiger partial charge in [0.1, 0.15) is 0 Å². The molecule has 0 spiro atoms. The second-order valence-electron chi connectivity index (χ2n) is 9.82. The predicted molar refractivity (Wildman–Crippen MR) is 121 cm³/mol.